The smallest absolute Gasteiger partial charge is 0.127 e. The molecule has 0 aromatic carbocycles. The molecule has 0 saturated heterocycles. The Kier molecular flexibility index (Phi) is 1.75. The third-order valence-corrected chi connectivity index (χ3v) is 2.94. The Bertz CT molecular complexity index is 267. The first kappa shape index (κ1) is 7.35. The summed E-state index contributed by atoms with van der Waals surface area (Å²) in [4.78, 5) is 4.21. The van der Waals surface area contributed by atoms with Gasteiger partial charge in [0.15, 0.2) is 0 Å². The maximum absolute atomic E-state index is 4.21. The van der Waals surface area contributed by atoms with Crippen LogP contribution >= 0.6 is 15.9 Å². The van der Waals surface area contributed by atoms with Crippen LogP contribution in [0.25, 0.3) is 0 Å². The molecule has 1 unspecified atom stereocenters. The van der Waals surface area contributed by atoms with Crippen molar-refractivity contribution in [2.75, 3.05) is 0 Å². The third kappa shape index (κ3) is 1.22. The SMILES string of the molecule is CC1CCc2c(Br)ncn2C1. The molecule has 0 fully saturated rings. The predicted octanol–water partition coefficient (Wildman–Crippen LogP) is 2.23. The van der Waals surface area contributed by atoms with Crippen LogP contribution in [-0.4, -0.2) is 9.55 Å². The van der Waals surface area contributed by atoms with E-state index in [1.165, 1.54) is 18.5 Å². The molecule has 0 bridgehead atoms. The van der Waals surface area contributed by atoms with E-state index in [-0.39, 0.29) is 0 Å². The lowest BCUT2D eigenvalue weighted by atomic mass is 10.0. The third-order valence-electron chi connectivity index (χ3n) is 2.28. The largest absolute Gasteiger partial charge is 0.333 e. The van der Waals surface area contributed by atoms with E-state index in [0.717, 1.165) is 17.1 Å². The summed E-state index contributed by atoms with van der Waals surface area (Å²) in [6.07, 6.45) is 4.39. The Labute approximate surface area is 74.8 Å². The van der Waals surface area contributed by atoms with Crippen LogP contribution in [-0.2, 0) is 13.0 Å². The van der Waals surface area contributed by atoms with E-state index >= 15 is 0 Å². The lowest BCUT2D eigenvalue weighted by molar-refractivity contribution is 0.398. The van der Waals surface area contributed by atoms with Gasteiger partial charge in [-0.25, -0.2) is 4.98 Å². The molecule has 1 aliphatic rings. The van der Waals surface area contributed by atoms with Gasteiger partial charge in [0.05, 0.1) is 12.0 Å². The van der Waals surface area contributed by atoms with Gasteiger partial charge in [0.25, 0.3) is 0 Å². The zero-order valence-corrected chi connectivity index (χ0v) is 8.13. The fourth-order valence-corrected chi connectivity index (χ4v) is 2.11. The summed E-state index contributed by atoms with van der Waals surface area (Å²) in [6.45, 7) is 3.42. The minimum atomic E-state index is 0.809. The van der Waals surface area contributed by atoms with Crippen LogP contribution in [0.15, 0.2) is 10.9 Å². The van der Waals surface area contributed by atoms with Gasteiger partial charge in [0.2, 0.25) is 0 Å². The monoisotopic (exact) mass is 214 g/mol. The Morgan fingerprint density at radius 2 is 2.55 bits per heavy atom. The summed E-state index contributed by atoms with van der Waals surface area (Å²) < 4.78 is 3.28. The maximum Gasteiger partial charge on any atom is 0.127 e. The highest BCUT2D eigenvalue weighted by molar-refractivity contribution is 9.10. The molecule has 11 heavy (non-hydrogen) atoms. The quantitative estimate of drug-likeness (QED) is 0.648. The Balaban J connectivity index is 2.36. The summed E-state index contributed by atoms with van der Waals surface area (Å²) >= 11 is 3.44. The standard InChI is InChI=1S/C8H11BrN2/c1-6-2-3-7-8(9)10-5-11(7)4-6/h5-6H,2-4H2,1H3. The van der Waals surface area contributed by atoms with Crippen LogP contribution < -0.4 is 0 Å². The van der Waals surface area contributed by atoms with Crippen molar-refractivity contribution in [3.8, 4) is 0 Å². The number of hydrogen-bond acceptors (Lipinski definition) is 1. The van der Waals surface area contributed by atoms with Crippen LogP contribution in [0.2, 0.25) is 0 Å². The number of nitrogens with zero attached hydrogens (tertiary/aromatic N) is 2. The fraction of sp³-hybridized carbons (Fsp3) is 0.625. The van der Waals surface area contributed by atoms with E-state index in [1.54, 1.807) is 0 Å². The minimum Gasteiger partial charge on any atom is -0.333 e. The maximum atomic E-state index is 4.21. The van der Waals surface area contributed by atoms with Crippen LogP contribution in [0.4, 0.5) is 0 Å². The molecule has 1 aliphatic heterocycles. The molecule has 0 radical (unpaired) electrons. The molecular formula is C8H11BrN2. The molecule has 0 N–H and O–H groups in total. The molecule has 2 heterocycles. The van der Waals surface area contributed by atoms with Gasteiger partial charge in [0.1, 0.15) is 4.60 Å². The molecule has 1 aromatic heterocycles. The number of fused-ring (bicyclic) bond motifs is 1. The summed E-state index contributed by atoms with van der Waals surface area (Å²) in [6, 6.07) is 0. The van der Waals surface area contributed by atoms with Gasteiger partial charge in [-0.2, -0.15) is 0 Å². The Hall–Kier alpha value is -0.310. The molecule has 2 rings (SSSR count). The van der Waals surface area contributed by atoms with Gasteiger partial charge >= 0.3 is 0 Å². The van der Waals surface area contributed by atoms with Gasteiger partial charge < -0.3 is 4.57 Å². The zero-order chi connectivity index (χ0) is 7.84. The van der Waals surface area contributed by atoms with E-state index in [4.69, 9.17) is 0 Å². The van der Waals surface area contributed by atoms with Crippen molar-refractivity contribution in [1.29, 1.82) is 0 Å². The molecule has 3 heteroatoms. The lowest BCUT2D eigenvalue weighted by Crippen LogP contribution is -2.16. The highest BCUT2D eigenvalue weighted by Gasteiger charge is 2.16. The first-order valence-electron chi connectivity index (χ1n) is 3.97. The number of imidazole rings is 1. The highest BCUT2D eigenvalue weighted by Crippen LogP contribution is 2.24. The first-order chi connectivity index (χ1) is 5.27. The van der Waals surface area contributed by atoms with Gasteiger partial charge in [-0.15, -0.1) is 0 Å². The fourth-order valence-electron chi connectivity index (χ4n) is 1.60. The number of hydrogen-bond donors (Lipinski definition) is 0. The summed E-state index contributed by atoms with van der Waals surface area (Å²) in [5.41, 5.74) is 1.36. The predicted molar refractivity (Wildman–Crippen MR) is 47.4 cm³/mol. The highest BCUT2D eigenvalue weighted by atomic mass is 79.9. The van der Waals surface area contributed by atoms with Gasteiger partial charge in [-0.05, 0) is 34.7 Å². The second-order valence-electron chi connectivity index (χ2n) is 3.28. The van der Waals surface area contributed by atoms with Crippen molar-refractivity contribution in [2.24, 2.45) is 5.92 Å². The van der Waals surface area contributed by atoms with Crippen LogP contribution in [0.5, 0.6) is 0 Å². The van der Waals surface area contributed by atoms with Gasteiger partial charge in [-0.1, -0.05) is 6.92 Å². The molecule has 0 spiro atoms. The number of rotatable bonds is 0. The van der Waals surface area contributed by atoms with Crippen molar-refractivity contribution >= 4 is 15.9 Å². The molecule has 60 valence electrons. The summed E-state index contributed by atoms with van der Waals surface area (Å²) in [7, 11) is 0. The molecular weight excluding hydrogens is 204 g/mol. The summed E-state index contributed by atoms with van der Waals surface area (Å²) in [5, 5.41) is 0. The molecule has 0 aliphatic carbocycles. The first-order valence-corrected chi connectivity index (χ1v) is 4.76. The second-order valence-corrected chi connectivity index (χ2v) is 4.03. The average molecular weight is 215 g/mol. The normalized spacial score (nSPS) is 23.3. The van der Waals surface area contributed by atoms with Gasteiger partial charge in [0, 0.05) is 6.54 Å². The molecule has 1 atom stereocenters. The van der Waals surface area contributed by atoms with Crippen molar-refractivity contribution in [1.82, 2.24) is 9.55 Å². The van der Waals surface area contributed by atoms with E-state index in [0.29, 0.717) is 0 Å². The topological polar surface area (TPSA) is 17.8 Å². The Morgan fingerprint density at radius 3 is 3.36 bits per heavy atom. The van der Waals surface area contributed by atoms with E-state index in [2.05, 4.69) is 32.4 Å². The molecule has 0 saturated carbocycles. The van der Waals surface area contributed by atoms with E-state index in [1.807, 2.05) is 6.33 Å². The van der Waals surface area contributed by atoms with E-state index in [9.17, 15) is 0 Å². The van der Waals surface area contributed by atoms with Crippen LogP contribution in [0.3, 0.4) is 0 Å². The number of aromatic nitrogens is 2. The lowest BCUT2D eigenvalue weighted by Gasteiger charge is -2.20. The molecule has 0 amide bonds. The molecule has 2 nitrogen and oxygen atoms in total. The van der Waals surface area contributed by atoms with Crippen molar-refractivity contribution in [3.05, 3.63) is 16.6 Å². The van der Waals surface area contributed by atoms with Gasteiger partial charge in [-0.3, -0.25) is 0 Å². The van der Waals surface area contributed by atoms with Crippen molar-refractivity contribution in [2.45, 2.75) is 26.3 Å². The zero-order valence-electron chi connectivity index (χ0n) is 6.55. The Morgan fingerprint density at radius 1 is 1.73 bits per heavy atom. The van der Waals surface area contributed by atoms with Crippen LogP contribution in [0, 0.1) is 5.92 Å². The minimum absolute atomic E-state index is 0.809. The van der Waals surface area contributed by atoms with Crippen molar-refractivity contribution < 1.29 is 0 Å². The van der Waals surface area contributed by atoms with Crippen LogP contribution in [0.1, 0.15) is 19.0 Å². The average Bonchev–Trinajstić information content (AvgIpc) is 2.32. The van der Waals surface area contributed by atoms with E-state index < -0.39 is 0 Å². The second kappa shape index (κ2) is 2.63. The summed E-state index contributed by atoms with van der Waals surface area (Å²) in [5.74, 6) is 0.809. The molecule has 1 aromatic rings. The van der Waals surface area contributed by atoms with Crippen molar-refractivity contribution in [3.63, 3.8) is 0 Å². The number of halogens is 1.